The Balaban J connectivity index is 1.49. The summed E-state index contributed by atoms with van der Waals surface area (Å²) in [5, 5.41) is 1.40. The summed E-state index contributed by atoms with van der Waals surface area (Å²) in [5.74, 6) is 2.06. The molecule has 1 saturated heterocycles. The van der Waals surface area contributed by atoms with Gasteiger partial charge in [0.25, 0.3) is 5.56 Å². The minimum absolute atomic E-state index is 0.0207. The highest BCUT2D eigenvalue weighted by Crippen LogP contribution is 2.36. The van der Waals surface area contributed by atoms with Gasteiger partial charge in [-0.1, -0.05) is 31.0 Å². The van der Waals surface area contributed by atoms with Crippen LogP contribution in [0.3, 0.4) is 0 Å². The van der Waals surface area contributed by atoms with E-state index < -0.39 is 0 Å². The van der Waals surface area contributed by atoms with Gasteiger partial charge in [-0.25, -0.2) is 4.98 Å². The van der Waals surface area contributed by atoms with Crippen molar-refractivity contribution in [3.63, 3.8) is 0 Å². The molecule has 2 aromatic heterocycles. The fraction of sp³-hybridized carbons (Fsp3) is 0.667. The SMILES string of the molecule is CCn1c(SCC(=O)N2CC[C@H]3CCCC[C@H]3C2)nc2sc(C)c(C)c2c1=O. The van der Waals surface area contributed by atoms with Crippen molar-refractivity contribution in [1.29, 1.82) is 0 Å². The maximum atomic E-state index is 12.9. The van der Waals surface area contributed by atoms with Gasteiger partial charge in [0.2, 0.25) is 5.91 Å². The normalized spacial score (nSPS) is 22.5. The Morgan fingerprint density at radius 1 is 1.21 bits per heavy atom. The van der Waals surface area contributed by atoms with Crippen LogP contribution in [-0.4, -0.2) is 39.2 Å². The van der Waals surface area contributed by atoms with Crippen molar-refractivity contribution in [2.45, 2.75) is 64.6 Å². The van der Waals surface area contributed by atoms with E-state index in [9.17, 15) is 9.59 Å². The van der Waals surface area contributed by atoms with Crippen LogP contribution >= 0.6 is 23.1 Å². The quantitative estimate of drug-likeness (QED) is 0.550. The van der Waals surface area contributed by atoms with E-state index in [0.29, 0.717) is 23.4 Å². The molecule has 1 aliphatic heterocycles. The Labute approximate surface area is 174 Å². The van der Waals surface area contributed by atoms with Crippen molar-refractivity contribution < 1.29 is 4.79 Å². The molecule has 2 aliphatic rings. The van der Waals surface area contributed by atoms with Gasteiger partial charge < -0.3 is 4.90 Å². The highest BCUT2D eigenvalue weighted by atomic mass is 32.2. The highest BCUT2D eigenvalue weighted by Gasteiger charge is 2.32. The number of aromatic nitrogens is 2. The van der Waals surface area contributed by atoms with E-state index in [1.54, 1.807) is 15.9 Å². The Morgan fingerprint density at radius 3 is 2.71 bits per heavy atom. The molecule has 1 amide bonds. The summed E-state index contributed by atoms with van der Waals surface area (Å²) in [4.78, 5) is 34.5. The zero-order chi connectivity index (χ0) is 19.8. The monoisotopic (exact) mass is 419 g/mol. The van der Waals surface area contributed by atoms with E-state index in [1.165, 1.54) is 37.4 Å². The van der Waals surface area contributed by atoms with Crippen LogP contribution in [0.15, 0.2) is 9.95 Å². The number of thioether (sulfide) groups is 1. The zero-order valence-corrected chi connectivity index (χ0v) is 18.6. The number of fused-ring (bicyclic) bond motifs is 2. The standard InChI is InChI=1S/C21H29N3O2S2/c1-4-24-20(26)18-13(2)14(3)28-19(18)22-21(24)27-12-17(25)23-10-9-15-7-5-6-8-16(15)11-23/h15-16H,4-12H2,1-3H3/t15-,16+/m1/s1. The van der Waals surface area contributed by atoms with Crippen LogP contribution < -0.4 is 5.56 Å². The van der Waals surface area contributed by atoms with Crippen LogP contribution in [0.2, 0.25) is 0 Å². The molecule has 5 nitrogen and oxygen atoms in total. The average Bonchev–Trinajstić information content (AvgIpc) is 2.99. The number of hydrogen-bond acceptors (Lipinski definition) is 5. The number of hydrogen-bond donors (Lipinski definition) is 0. The van der Waals surface area contributed by atoms with E-state index >= 15 is 0 Å². The molecule has 28 heavy (non-hydrogen) atoms. The number of aryl methyl sites for hydroxylation is 2. The smallest absolute Gasteiger partial charge is 0.263 e. The molecule has 0 radical (unpaired) electrons. The lowest BCUT2D eigenvalue weighted by Gasteiger charge is -2.41. The summed E-state index contributed by atoms with van der Waals surface area (Å²) < 4.78 is 1.72. The minimum atomic E-state index is 0.0207. The van der Waals surface area contributed by atoms with Gasteiger partial charge in [0.1, 0.15) is 4.83 Å². The van der Waals surface area contributed by atoms with E-state index in [-0.39, 0.29) is 11.5 Å². The maximum Gasteiger partial charge on any atom is 0.263 e. The van der Waals surface area contributed by atoms with E-state index in [0.717, 1.165) is 46.1 Å². The van der Waals surface area contributed by atoms with Gasteiger partial charge in [0, 0.05) is 24.5 Å². The van der Waals surface area contributed by atoms with E-state index in [2.05, 4.69) is 0 Å². The minimum Gasteiger partial charge on any atom is -0.342 e. The number of piperidine rings is 1. The van der Waals surface area contributed by atoms with Crippen LogP contribution in [0.4, 0.5) is 0 Å². The first kappa shape index (κ1) is 20.0. The maximum absolute atomic E-state index is 12.9. The third kappa shape index (κ3) is 3.63. The second-order valence-electron chi connectivity index (χ2n) is 8.13. The molecular weight excluding hydrogens is 390 g/mol. The molecule has 0 unspecified atom stereocenters. The van der Waals surface area contributed by atoms with Crippen molar-refractivity contribution in [3.8, 4) is 0 Å². The van der Waals surface area contributed by atoms with Crippen molar-refractivity contribution >= 4 is 39.2 Å². The van der Waals surface area contributed by atoms with Gasteiger partial charge in [-0.15, -0.1) is 11.3 Å². The molecule has 2 aromatic rings. The number of carbonyl (C=O) groups is 1. The third-order valence-electron chi connectivity index (χ3n) is 6.54. The lowest BCUT2D eigenvalue weighted by molar-refractivity contribution is -0.131. The van der Waals surface area contributed by atoms with Crippen LogP contribution in [0.1, 0.15) is 49.5 Å². The summed E-state index contributed by atoms with van der Waals surface area (Å²) in [6.07, 6.45) is 6.43. The molecule has 152 valence electrons. The first-order valence-corrected chi connectivity index (χ1v) is 12.2. The van der Waals surface area contributed by atoms with Gasteiger partial charge in [0.05, 0.1) is 11.1 Å². The molecular formula is C21H29N3O2S2. The Bertz CT molecular complexity index is 949. The van der Waals surface area contributed by atoms with Crippen molar-refractivity contribution in [3.05, 3.63) is 20.8 Å². The summed E-state index contributed by atoms with van der Waals surface area (Å²) in [7, 11) is 0. The number of rotatable bonds is 4. The molecule has 2 fully saturated rings. The first-order chi connectivity index (χ1) is 13.5. The number of carbonyl (C=O) groups excluding carboxylic acids is 1. The van der Waals surface area contributed by atoms with Gasteiger partial charge >= 0.3 is 0 Å². The largest absolute Gasteiger partial charge is 0.342 e. The fourth-order valence-electron chi connectivity index (χ4n) is 4.74. The highest BCUT2D eigenvalue weighted by molar-refractivity contribution is 7.99. The van der Waals surface area contributed by atoms with Crippen LogP contribution in [0.5, 0.6) is 0 Å². The molecule has 0 aromatic carbocycles. The predicted molar refractivity (Wildman–Crippen MR) is 116 cm³/mol. The second kappa shape index (κ2) is 8.19. The van der Waals surface area contributed by atoms with Crippen molar-refractivity contribution in [2.75, 3.05) is 18.8 Å². The Hall–Kier alpha value is -1.34. The predicted octanol–water partition coefficient (Wildman–Crippen LogP) is 4.23. The Kier molecular flexibility index (Phi) is 5.83. The molecule has 0 spiro atoms. The molecule has 0 N–H and O–H groups in total. The lowest BCUT2D eigenvalue weighted by atomic mass is 9.75. The zero-order valence-electron chi connectivity index (χ0n) is 17.0. The Morgan fingerprint density at radius 2 is 1.96 bits per heavy atom. The number of likely N-dealkylation sites (tertiary alicyclic amines) is 1. The molecule has 3 heterocycles. The molecule has 4 rings (SSSR count). The van der Waals surface area contributed by atoms with Crippen LogP contribution in [0, 0.1) is 25.7 Å². The van der Waals surface area contributed by atoms with Crippen molar-refractivity contribution in [2.24, 2.45) is 11.8 Å². The number of thiophene rings is 1. The van der Waals surface area contributed by atoms with Gasteiger partial charge in [-0.3, -0.25) is 14.2 Å². The molecule has 1 aliphatic carbocycles. The molecule has 2 atom stereocenters. The molecule has 7 heteroatoms. The summed E-state index contributed by atoms with van der Waals surface area (Å²) in [5.41, 5.74) is 1.05. The van der Waals surface area contributed by atoms with Crippen molar-refractivity contribution in [1.82, 2.24) is 14.5 Å². The van der Waals surface area contributed by atoms with E-state index in [1.807, 2.05) is 25.7 Å². The second-order valence-corrected chi connectivity index (χ2v) is 10.3. The van der Waals surface area contributed by atoms with Gasteiger partial charge in [-0.05, 0) is 51.0 Å². The molecule has 1 saturated carbocycles. The first-order valence-electron chi connectivity index (χ1n) is 10.4. The lowest BCUT2D eigenvalue weighted by Crippen LogP contribution is -2.45. The molecule has 0 bridgehead atoms. The summed E-state index contributed by atoms with van der Waals surface area (Å²) >= 11 is 2.98. The number of amides is 1. The van der Waals surface area contributed by atoms with Crippen LogP contribution in [-0.2, 0) is 11.3 Å². The van der Waals surface area contributed by atoms with Crippen LogP contribution in [0.25, 0.3) is 10.2 Å². The average molecular weight is 420 g/mol. The van der Waals surface area contributed by atoms with E-state index in [4.69, 9.17) is 4.98 Å². The fourth-order valence-corrected chi connectivity index (χ4v) is 6.78. The number of nitrogens with zero attached hydrogens (tertiary/aromatic N) is 3. The van der Waals surface area contributed by atoms with Gasteiger partial charge in [0.15, 0.2) is 5.16 Å². The summed E-state index contributed by atoms with van der Waals surface area (Å²) in [6, 6.07) is 0. The summed E-state index contributed by atoms with van der Waals surface area (Å²) in [6.45, 7) is 8.35. The topological polar surface area (TPSA) is 55.2 Å². The van der Waals surface area contributed by atoms with Gasteiger partial charge in [-0.2, -0.15) is 0 Å². The third-order valence-corrected chi connectivity index (χ3v) is 8.60.